The van der Waals surface area contributed by atoms with Crippen LogP contribution in [0.1, 0.15) is 10.8 Å². The Hall–Kier alpha value is -1.62. The molecular formula is C11H9N3OS. The average Bonchev–Trinajstić information content (AvgIpc) is 2.65. The first-order valence-corrected chi connectivity index (χ1v) is 6.17. The monoisotopic (exact) mass is 231 g/mol. The van der Waals surface area contributed by atoms with Crippen LogP contribution in [0.3, 0.4) is 0 Å². The second-order valence-electron chi connectivity index (χ2n) is 3.56. The number of hydrogen-bond donors (Lipinski definition) is 1. The van der Waals surface area contributed by atoms with Gasteiger partial charge in [0.05, 0.1) is 11.7 Å². The fraction of sp³-hybridized carbons (Fsp3) is 0.182. The van der Waals surface area contributed by atoms with Crippen molar-refractivity contribution in [2.75, 3.05) is 11.6 Å². The van der Waals surface area contributed by atoms with Crippen molar-refractivity contribution in [1.82, 2.24) is 9.97 Å². The number of aromatic nitrogens is 2. The molecule has 0 saturated carbocycles. The molecule has 1 aliphatic rings. The first-order chi connectivity index (χ1) is 7.81. The van der Waals surface area contributed by atoms with Gasteiger partial charge in [-0.05, 0) is 12.3 Å². The number of fused-ring (bicyclic) bond motifs is 3. The minimum Gasteiger partial charge on any atom is -0.309 e. The van der Waals surface area contributed by atoms with E-state index in [1.807, 2.05) is 18.4 Å². The molecule has 16 heavy (non-hydrogen) atoms. The molecule has 1 atom stereocenters. The summed E-state index contributed by atoms with van der Waals surface area (Å²) in [5, 5.41) is 3.63. The van der Waals surface area contributed by atoms with Crippen molar-refractivity contribution in [3.63, 3.8) is 0 Å². The van der Waals surface area contributed by atoms with Crippen molar-refractivity contribution in [3.05, 3.63) is 30.1 Å². The van der Waals surface area contributed by atoms with Gasteiger partial charge in [-0.3, -0.25) is 9.78 Å². The van der Waals surface area contributed by atoms with Gasteiger partial charge < -0.3 is 5.32 Å². The maximum Gasteiger partial charge on any atom is 0.243 e. The first kappa shape index (κ1) is 9.59. The Balaban J connectivity index is 2.35. The van der Waals surface area contributed by atoms with Crippen LogP contribution in [0, 0.1) is 0 Å². The summed E-state index contributed by atoms with van der Waals surface area (Å²) in [7, 11) is 0. The minimum atomic E-state index is -0.171. The second kappa shape index (κ2) is 3.45. The van der Waals surface area contributed by atoms with Crippen molar-refractivity contribution < 1.29 is 4.79 Å². The van der Waals surface area contributed by atoms with E-state index < -0.39 is 0 Å². The highest BCUT2D eigenvalue weighted by molar-refractivity contribution is 7.99. The largest absolute Gasteiger partial charge is 0.309 e. The lowest BCUT2D eigenvalue weighted by molar-refractivity contribution is -0.115. The lowest BCUT2D eigenvalue weighted by Gasteiger charge is -2.06. The van der Waals surface area contributed by atoms with Gasteiger partial charge in [-0.2, -0.15) is 0 Å². The van der Waals surface area contributed by atoms with Crippen molar-refractivity contribution in [3.8, 4) is 0 Å². The van der Waals surface area contributed by atoms with E-state index in [1.54, 1.807) is 12.4 Å². The summed E-state index contributed by atoms with van der Waals surface area (Å²) in [5.41, 5.74) is 1.79. The fourth-order valence-corrected chi connectivity index (χ4v) is 2.72. The van der Waals surface area contributed by atoms with E-state index in [0.717, 1.165) is 16.5 Å². The normalized spacial score (nSPS) is 18.6. The fourth-order valence-electron chi connectivity index (χ4n) is 1.97. The number of pyridine rings is 2. The Morgan fingerprint density at radius 1 is 1.44 bits per heavy atom. The first-order valence-electron chi connectivity index (χ1n) is 4.88. The van der Waals surface area contributed by atoms with Gasteiger partial charge in [0.2, 0.25) is 5.91 Å². The Kier molecular flexibility index (Phi) is 2.07. The van der Waals surface area contributed by atoms with Crippen LogP contribution < -0.4 is 5.32 Å². The molecule has 0 aromatic carbocycles. The Labute approximate surface area is 96.5 Å². The number of thioether (sulfide) groups is 1. The third-order valence-corrected chi connectivity index (χ3v) is 3.60. The number of hydrogen-bond acceptors (Lipinski definition) is 4. The number of anilines is 1. The van der Waals surface area contributed by atoms with Gasteiger partial charge in [-0.25, -0.2) is 4.98 Å². The van der Waals surface area contributed by atoms with Gasteiger partial charge in [0, 0.05) is 17.1 Å². The summed E-state index contributed by atoms with van der Waals surface area (Å²) in [6.07, 6.45) is 5.35. The number of rotatable bonds is 1. The summed E-state index contributed by atoms with van der Waals surface area (Å²) in [5.74, 6) is 0.677. The van der Waals surface area contributed by atoms with Crippen LogP contribution >= 0.6 is 11.8 Å². The van der Waals surface area contributed by atoms with Gasteiger partial charge >= 0.3 is 0 Å². The highest BCUT2D eigenvalue weighted by Gasteiger charge is 2.32. The average molecular weight is 231 g/mol. The Morgan fingerprint density at radius 3 is 3.12 bits per heavy atom. The molecular weight excluding hydrogens is 222 g/mol. The van der Waals surface area contributed by atoms with Crippen LogP contribution in [0.15, 0.2) is 24.5 Å². The number of carbonyl (C=O) groups excluding carboxylic acids is 1. The summed E-state index contributed by atoms with van der Waals surface area (Å²) in [6, 6.07) is 3.86. The van der Waals surface area contributed by atoms with Gasteiger partial charge in [-0.1, -0.05) is 6.07 Å². The molecule has 2 aromatic heterocycles. The Bertz CT molecular complexity index is 584. The molecule has 80 valence electrons. The van der Waals surface area contributed by atoms with Crippen molar-refractivity contribution in [2.45, 2.75) is 5.25 Å². The van der Waals surface area contributed by atoms with Crippen LogP contribution in [0.2, 0.25) is 0 Å². The molecule has 0 saturated heterocycles. The molecule has 4 nitrogen and oxygen atoms in total. The third kappa shape index (κ3) is 1.21. The molecule has 3 rings (SSSR count). The molecule has 2 aromatic rings. The summed E-state index contributed by atoms with van der Waals surface area (Å²) in [4.78, 5) is 20.2. The lowest BCUT2D eigenvalue weighted by atomic mass is 10.1. The minimum absolute atomic E-state index is 0.00588. The number of carbonyl (C=O) groups is 1. The molecule has 1 N–H and O–H groups in total. The van der Waals surface area contributed by atoms with Crippen molar-refractivity contribution in [2.24, 2.45) is 0 Å². The van der Waals surface area contributed by atoms with E-state index in [1.165, 1.54) is 11.8 Å². The predicted octanol–water partition coefficient (Wildman–Crippen LogP) is 1.99. The van der Waals surface area contributed by atoms with Crippen LogP contribution in [-0.2, 0) is 4.79 Å². The van der Waals surface area contributed by atoms with Gasteiger partial charge in [0.15, 0.2) is 0 Å². The van der Waals surface area contributed by atoms with Gasteiger partial charge in [0.25, 0.3) is 0 Å². The Morgan fingerprint density at radius 2 is 2.31 bits per heavy atom. The molecule has 0 spiro atoms. The van der Waals surface area contributed by atoms with Crippen LogP contribution in [0.4, 0.5) is 5.82 Å². The zero-order chi connectivity index (χ0) is 11.1. The van der Waals surface area contributed by atoms with E-state index in [0.29, 0.717) is 5.82 Å². The highest BCUT2D eigenvalue weighted by atomic mass is 32.2. The zero-order valence-corrected chi connectivity index (χ0v) is 9.41. The molecule has 5 heteroatoms. The zero-order valence-electron chi connectivity index (χ0n) is 8.60. The van der Waals surface area contributed by atoms with Crippen molar-refractivity contribution in [1.29, 1.82) is 0 Å². The topological polar surface area (TPSA) is 54.9 Å². The highest BCUT2D eigenvalue weighted by Crippen LogP contribution is 2.41. The maximum absolute atomic E-state index is 11.7. The van der Waals surface area contributed by atoms with Crippen LogP contribution in [0.5, 0.6) is 0 Å². The lowest BCUT2D eigenvalue weighted by Crippen LogP contribution is -2.08. The quantitative estimate of drug-likeness (QED) is 0.815. The summed E-state index contributed by atoms with van der Waals surface area (Å²) >= 11 is 1.52. The molecule has 0 bridgehead atoms. The maximum atomic E-state index is 11.7. The summed E-state index contributed by atoms with van der Waals surface area (Å²) < 4.78 is 0. The predicted molar refractivity (Wildman–Crippen MR) is 64.4 cm³/mol. The number of amides is 1. The molecule has 1 unspecified atom stereocenters. The van der Waals surface area contributed by atoms with Crippen molar-refractivity contribution >= 4 is 34.4 Å². The standard InChI is InChI=1S/C11H9N3OS/c1-16-9-8-6-3-2-4-12-7(6)5-13-10(8)14-11(9)15/h2-5,9H,1H3,(H,13,14,15). The van der Waals surface area contributed by atoms with E-state index in [4.69, 9.17) is 0 Å². The SMILES string of the molecule is CSC1C(=O)Nc2ncc3ncccc3c21. The smallest absolute Gasteiger partial charge is 0.243 e. The molecule has 0 aliphatic carbocycles. The molecule has 3 heterocycles. The third-order valence-electron chi connectivity index (χ3n) is 2.68. The molecule has 1 amide bonds. The van der Waals surface area contributed by atoms with E-state index in [-0.39, 0.29) is 11.2 Å². The second-order valence-corrected chi connectivity index (χ2v) is 4.50. The van der Waals surface area contributed by atoms with Gasteiger partial charge in [-0.15, -0.1) is 11.8 Å². The number of nitrogens with zero attached hydrogens (tertiary/aromatic N) is 2. The molecule has 0 radical (unpaired) electrons. The number of nitrogens with one attached hydrogen (secondary N) is 1. The van der Waals surface area contributed by atoms with E-state index in [2.05, 4.69) is 15.3 Å². The summed E-state index contributed by atoms with van der Waals surface area (Å²) in [6.45, 7) is 0. The van der Waals surface area contributed by atoms with E-state index >= 15 is 0 Å². The molecule has 1 aliphatic heterocycles. The van der Waals surface area contributed by atoms with Gasteiger partial charge in [0.1, 0.15) is 11.1 Å². The molecule has 0 fully saturated rings. The van der Waals surface area contributed by atoms with Crippen LogP contribution in [0.25, 0.3) is 10.9 Å². The van der Waals surface area contributed by atoms with E-state index in [9.17, 15) is 4.79 Å². The van der Waals surface area contributed by atoms with Crippen LogP contribution in [-0.4, -0.2) is 22.1 Å².